The Labute approximate surface area is 97.1 Å². The van der Waals surface area contributed by atoms with Gasteiger partial charge in [-0.3, -0.25) is 4.90 Å². The van der Waals surface area contributed by atoms with E-state index in [2.05, 4.69) is 20.2 Å². The van der Waals surface area contributed by atoms with Crippen molar-refractivity contribution < 1.29 is 0 Å². The number of aryl methyl sites for hydroxylation is 1. The standard InChI is InChI=1S/C12H20N4/c1-10-14-6-5-11(15-10)9-16-7-3-4-12(16)8-13-2/h5-6,12-13H,3-4,7-9H2,1-2H3. The van der Waals surface area contributed by atoms with Crippen molar-refractivity contribution in [1.29, 1.82) is 0 Å². The van der Waals surface area contributed by atoms with Crippen molar-refractivity contribution in [3.05, 3.63) is 23.8 Å². The average molecular weight is 220 g/mol. The molecule has 0 saturated carbocycles. The zero-order valence-electron chi connectivity index (χ0n) is 10.1. The number of nitrogens with one attached hydrogen (secondary N) is 1. The maximum Gasteiger partial charge on any atom is 0.125 e. The highest BCUT2D eigenvalue weighted by Crippen LogP contribution is 2.18. The van der Waals surface area contributed by atoms with Gasteiger partial charge in [0.1, 0.15) is 5.82 Å². The van der Waals surface area contributed by atoms with E-state index in [0.29, 0.717) is 6.04 Å². The Bertz CT molecular complexity index is 340. The quantitative estimate of drug-likeness (QED) is 0.821. The smallest absolute Gasteiger partial charge is 0.125 e. The van der Waals surface area contributed by atoms with Crippen LogP contribution in [0.25, 0.3) is 0 Å². The highest BCUT2D eigenvalue weighted by atomic mass is 15.2. The molecular formula is C12H20N4. The summed E-state index contributed by atoms with van der Waals surface area (Å²) in [5, 5.41) is 3.26. The van der Waals surface area contributed by atoms with Crippen LogP contribution in [0.2, 0.25) is 0 Å². The lowest BCUT2D eigenvalue weighted by atomic mass is 10.2. The molecule has 16 heavy (non-hydrogen) atoms. The maximum absolute atomic E-state index is 4.46. The van der Waals surface area contributed by atoms with E-state index >= 15 is 0 Å². The molecule has 88 valence electrons. The molecule has 1 aliphatic rings. The van der Waals surface area contributed by atoms with Crippen LogP contribution in [0, 0.1) is 6.92 Å². The molecule has 1 aromatic heterocycles. The summed E-state index contributed by atoms with van der Waals surface area (Å²) in [6.45, 7) is 5.16. The van der Waals surface area contributed by atoms with E-state index < -0.39 is 0 Å². The zero-order chi connectivity index (χ0) is 11.4. The first-order chi connectivity index (χ1) is 7.79. The molecule has 0 aromatic carbocycles. The first kappa shape index (κ1) is 11.5. The van der Waals surface area contributed by atoms with E-state index in [4.69, 9.17) is 0 Å². The SMILES string of the molecule is CNCC1CCCN1Cc1ccnc(C)n1. The Morgan fingerprint density at radius 3 is 3.19 bits per heavy atom. The molecule has 4 nitrogen and oxygen atoms in total. The minimum atomic E-state index is 0.667. The lowest BCUT2D eigenvalue weighted by Gasteiger charge is -2.23. The van der Waals surface area contributed by atoms with Gasteiger partial charge in [-0.05, 0) is 39.4 Å². The van der Waals surface area contributed by atoms with Crippen LogP contribution in [0.4, 0.5) is 0 Å². The number of likely N-dealkylation sites (N-methyl/N-ethyl adjacent to an activating group) is 1. The van der Waals surface area contributed by atoms with Gasteiger partial charge in [-0.25, -0.2) is 9.97 Å². The molecule has 1 fully saturated rings. The number of hydrogen-bond acceptors (Lipinski definition) is 4. The van der Waals surface area contributed by atoms with Crippen LogP contribution < -0.4 is 5.32 Å². The third-order valence-corrected chi connectivity index (χ3v) is 3.14. The average Bonchev–Trinajstić information content (AvgIpc) is 2.66. The summed E-state index contributed by atoms with van der Waals surface area (Å²) in [5.41, 5.74) is 1.13. The van der Waals surface area contributed by atoms with E-state index in [1.165, 1.54) is 19.4 Å². The van der Waals surface area contributed by atoms with Gasteiger partial charge >= 0.3 is 0 Å². The summed E-state index contributed by atoms with van der Waals surface area (Å²) >= 11 is 0. The van der Waals surface area contributed by atoms with Crippen LogP contribution in [0.3, 0.4) is 0 Å². The van der Waals surface area contributed by atoms with Gasteiger partial charge in [-0.2, -0.15) is 0 Å². The number of rotatable bonds is 4. The van der Waals surface area contributed by atoms with Crippen LogP contribution in [0.1, 0.15) is 24.4 Å². The first-order valence-corrected chi connectivity index (χ1v) is 5.97. The Kier molecular flexibility index (Phi) is 3.85. The first-order valence-electron chi connectivity index (χ1n) is 5.97. The van der Waals surface area contributed by atoms with E-state index in [9.17, 15) is 0 Å². The molecule has 1 atom stereocenters. The van der Waals surface area contributed by atoms with Gasteiger partial charge in [0.15, 0.2) is 0 Å². The van der Waals surface area contributed by atoms with Crippen molar-refractivity contribution in [3.8, 4) is 0 Å². The highest BCUT2D eigenvalue weighted by Gasteiger charge is 2.23. The molecule has 1 N–H and O–H groups in total. The zero-order valence-corrected chi connectivity index (χ0v) is 10.1. The molecule has 1 unspecified atom stereocenters. The predicted molar refractivity (Wildman–Crippen MR) is 64.1 cm³/mol. The minimum absolute atomic E-state index is 0.667. The van der Waals surface area contributed by atoms with E-state index in [1.54, 1.807) is 0 Å². The Morgan fingerprint density at radius 2 is 2.44 bits per heavy atom. The van der Waals surface area contributed by atoms with E-state index in [-0.39, 0.29) is 0 Å². The summed E-state index contributed by atoms with van der Waals surface area (Å²) in [4.78, 5) is 11.1. The lowest BCUT2D eigenvalue weighted by molar-refractivity contribution is 0.239. The second-order valence-corrected chi connectivity index (χ2v) is 4.42. The second-order valence-electron chi connectivity index (χ2n) is 4.42. The molecule has 0 radical (unpaired) electrons. The summed E-state index contributed by atoms with van der Waals surface area (Å²) < 4.78 is 0. The molecule has 1 saturated heterocycles. The third-order valence-electron chi connectivity index (χ3n) is 3.14. The molecule has 2 heterocycles. The fraction of sp³-hybridized carbons (Fsp3) is 0.667. The fourth-order valence-electron chi connectivity index (χ4n) is 2.37. The predicted octanol–water partition coefficient (Wildman–Crippen LogP) is 0.969. The Hall–Kier alpha value is -1.00. The second kappa shape index (κ2) is 5.37. The number of aromatic nitrogens is 2. The van der Waals surface area contributed by atoms with E-state index in [1.807, 2.05) is 26.2 Å². The van der Waals surface area contributed by atoms with Crippen molar-refractivity contribution in [3.63, 3.8) is 0 Å². The van der Waals surface area contributed by atoms with Gasteiger partial charge in [0.05, 0.1) is 5.69 Å². The van der Waals surface area contributed by atoms with Crippen molar-refractivity contribution >= 4 is 0 Å². The summed E-state index contributed by atoms with van der Waals surface area (Å²) in [6, 6.07) is 2.68. The van der Waals surface area contributed by atoms with Gasteiger partial charge in [0, 0.05) is 25.3 Å². The summed E-state index contributed by atoms with van der Waals surface area (Å²) in [6.07, 6.45) is 4.45. The molecule has 0 aliphatic carbocycles. The van der Waals surface area contributed by atoms with Gasteiger partial charge in [-0.15, -0.1) is 0 Å². The lowest BCUT2D eigenvalue weighted by Crippen LogP contribution is -2.36. The van der Waals surface area contributed by atoms with Crippen LogP contribution >= 0.6 is 0 Å². The molecule has 4 heteroatoms. The molecule has 0 bridgehead atoms. The summed E-state index contributed by atoms with van der Waals surface area (Å²) in [5.74, 6) is 0.863. The Balaban J connectivity index is 1.98. The van der Waals surface area contributed by atoms with Crippen LogP contribution in [0.5, 0.6) is 0 Å². The molecule has 1 aliphatic heterocycles. The molecular weight excluding hydrogens is 200 g/mol. The van der Waals surface area contributed by atoms with Crippen molar-refractivity contribution in [2.24, 2.45) is 0 Å². The van der Waals surface area contributed by atoms with Crippen LogP contribution in [-0.2, 0) is 6.54 Å². The van der Waals surface area contributed by atoms with Crippen LogP contribution in [0.15, 0.2) is 12.3 Å². The number of likely N-dealkylation sites (tertiary alicyclic amines) is 1. The topological polar surface area (TPSA) is 41.0 Å². The van der Waals surface area contributed by atoms with E-state index in [0.717, 1.165) is 24.6 Å². The monoisotopic (exact) mass is 220 g/mol. The van der Waals surface area contributed by atoms with Crippen molar-refractivity contribution in [2.45, 2.75) is 32.4 Å². The number of hydrogen-bond donors (Lipinski definition) is 1. The number of nitrogens with zero attached hydrogens (tertiary/aromatic N) is 3. The summed E-state index contributed by atoms with van der Waals surface area (Å²) in [7, 11) is 2.02. The normalized spacial score (nSPS) is 21.5. The van der Waals surface area contributed by atoms with Gasteiger partial charge < -0.3 is 5.32 Å². The molecule has 2 rings (SSSR count). The minimum Gasteiger partial charge on any atom is -0.318 e. The molecule has 0 spiro atoms. The third kappa shape index (κ3) is 2.77. The van der Waals surface area contributed by atoms with Crippen LogP contribution in [-0.4, -0.2) is 41.0 Å². The largest absolute Gasteiger partial charge is 0.318 e. The van der Waals surface area contributed by atoms with Gasteiger partial charge in [-0.1, -0.05) is 0 Å². The fourth-order valence-corrected chi connectivity index (χ4v) is 2.37. The van der Waals surface area contributed by atoms with Gasteiger partial charge in [0.25, 0.3) is 0 Å². The maximum atomic E-state index is 4.46. The molecule has 1 aromatic rings. The van der Waals surface area contributed by atoms with Crippen molar-refractivity contribution in [2.75, 3.05) is 20.1 Å². The van der Waals surface area contributed by atoms with Crippen molar-refractivity contribution in [1.82, 2.24) is 20.2 Å². The highest BCUT2D eigenvalue weighted by molar-refractivity contribution is 5.02. The Morgan fingerprint density at radius 1 is 1.56 bits per heavy atom. The molecule has 0 amide bonds. The van der Waals surface area contributed by atoms with Gasteiger partial charge in [0.2, 0.25) is 0 Å².